The third kappa shape index (κ3) is 4.93. The first-order valence-corrected chi connectivity index (χ1v) is 9.12. The van der Waals surface area contributed by atoms with Crippen LogP contribution in [0.25, 0.3) is 10.8 Å². The van der Waals surface area contributed by atoms with Crippen molar-refractivity contribution in [2.75, 3.05) is 6.61 Å². The zero-order valence-corrected chi connectivity index (χ0v) is 18.9. The average molecular weight is 437 g/mol. The molecule has 2 heterocycles. The number of nitrogens with zero attached hydrogens (tertiary/aromatic N) is 2. The number of ether oxygens (including phenoxy) is 1. The fourth-order valence-electron chi connectivity index (χ4n) is 3.62. The molecule has 0 radical (unpaired) electrons. The molecule has 3 rings (SSSR count). The van der Waals surface area contributed by atoms with Gasteiger partial charge in [0.15, 0.2) is 0 Å². The van der Waals surface area contributed by atoms with Crippen LogP contribution in [0.4, 0.5) is 0 Å². The Kier molecular flexibility index (Phi) is 8.25. The number of aliphatic carboxylic acids is 1. The number of benzene rings is 1. The molecule has 0 bridgehead atoms. The normalized spacial score (nSPS) is 22.3. The number of aromatic nitrogens is 1. The molecule has 2 aromatic rings. The molecule has 4 N–H and O–H groups in total. The van der Waals surface area contributed by atoms with Crippen molar-refractivity contribution in [3.05, 3.63) is 48.0 Å². The molecule has 1 aromatic carbocycles. The van der Waals surface area contributed by atoms with Crippen LogP contribution in [0.1, 0.15) is 18.7 Å². The van der Waals surface area contributed by atoms with Gasteiger partial charge in [0.1, 0.15) is 41.8 Å². The maximum absolute atomic E-state index is 11.9. The number of hydrogen-bond donors (Lipinski definition) is 4. The molecular formula is C20H20N3NaO7. The van der Waals surface area contributed by atoms with Crippen molar-refractivity contribution in [1.29, 1.82) is 5.26 Å². The summed E-state index contributed by atoms with van der Waals surface area (Å²) in [4.78, 5) is 23.4. The largest absolute Gasteiger partial charge is 1.00 e. The number of aliphatic hydroxyl groups excluding tert-OH is 3. The number of nitriles is 1. The number of carboxylic acid groups (broad SMARTS) is 1. The first kappa shape index (κ1) is 24.9. The number of fused-ring (bicyclic) bond motifs is 1. The summed E-state index contributed by atoms with van der Waals surface area (Å²) < 4.78 is 6.79. The molecular weight excluding hydrogens is 417 g/mol. The topological polar surface area (TPSA) is 168 Å². The van der Waals surface area contributed by atoms with Crippen molar-refractivity contribution >= 4 is 22.6 Å². The fraction of sp³-hybridized carbons (Fsp3) is 0.350. The smallest absolute Gasteiger partial charge is 0.542 e. The van der Waals surface area contributed by atoms with Crippen LogP contribution in [0.2, 0.25) is 0 Å². The van der Waals surface area contributed by atoms with E-state index in [2.05, 4.69) is 11.4 Å². The summed E-state index contributed by atoms with van der Waals surface area (Å²) in [6.07, 6.45) is -2.06. The number of rotatable bonds is 6. The summed E-state index contributed by atoms with van der Waals surface area (Å²) >= 11 is 0. The predicted molar refractivity (Wildman–Crippen MR) is 100 cm³/mol. The Morgan fingerprint density at radius 2 is 2.03 bits per heavy atom. The first-order valence-electron chi connectivity index (χ1n) is 9.12. The summed E-state index contributed by atoms with van der Waals surface area (Å²) in [7, 11) is 0. The Balaban J connectivity index is 0.00000341. The second-order valence-corrected chi connectivity index (χ2v) is 6.94. The van der Waals surface area contributed by atoms with E-state index in [0.717, 1.165) is 0 Å². The standard InChI is InChI=1S/C20H21N3O7.Na/c1-10(25)22-17-13(23-8-11-4-2-3-5-12(11)14(23)7-21)6-16(20(28)29)30-19(17)18(27)15(26)9-24;/h2-6,8,13,15,17-19,24,26-27H,9H2,1H3,(H,22,25)(H,28,29);/q;+1/p-1/t13-,15+,17+,18+,19+;/m0./s1. The Morgan fingerprint density at radius 1 is 1.35 bits per heavy atom. The molecule has 0 saturated carbocycles. The van der Waals surface area contributed by atoms with Gasteiger partial charge in [-0.25, -0.2) is 0 Å². The van der Waals surface area contributed by atoms with E-state index in [-0.39, 0.29) is 35.3 Å². The van der Waals surface area contributed by atoms with E-state index < -0.39 is 54.6 Å². The third-order valence-electron chi connectivity index (χ3n) is 4.98. The second kappa shape index (κ2) is 10.3. The van der Waals surface area contributed by atoms with Crippen LogP contribution in [0.3, 0.4) is 0 Å². The van der Waals surface area contributed by atoms with Crippen LogP contribution in [0.15, 0.2) is 42.3 Å². The van der Waals surface area contributed by atoms with Gasteiger partial charge in [-0.15, -0.1) is 0 Å². The molecule has 31 heavy (non-hydrogen) atoms. The van der Waals surface area contributed by atoms with Crippen LogP contribution in [0, 0.1) is 11.3 Å². The maximum atomic E-state index is 11.9. The Hall–Kier alpha value is -2.39. The SMILES string of the molecule is CC(=O)N[C@H]1[C@H]([C@H](O)[C@H](O)CO)OC(C(=O)[O-])=C[C@@H]1n1cc2ccccc2c1C#N.[Na+]. The van der Waals surface area contributed by atoms with Gasteiger partial charge in [0.2, 0.25) is 5.91 Å². The Bertz CT molecular complexity index is 1050. The molecule has 0 fully saturated rings. The number of hydrogen-bond acceptors (Lipinski definition) is 8. The molecule has 5 atom stereocenters. The number of carbonyl (C=O) groups excluding carboxylic acids is 2. The number of aliphatic hydroxyl groups is 3. The molecule has 1 amide bonds. The summed E-state index contributed by atoms with van der Waals surface area (Å²) in [6, 6.07) is 7.05. The van der Waals surface area contributed by atoms with Gasteiger partial charge in [0.25, 0.3) is 0 Å². The Morgan fingerprint density at radius 3 is 2.61 bits per heavy atom. The van der Waals surface area contributed by atoms with E-state index in [0.29, 0.717) is 10.8 Å². The monoisotopic (exact) mass is 437 g/mol. The maximum Gasteiger partial charge on any atom is 1.00 e. The molecule has 0 spiro atoms. The molecule has 1 aromatic heterocycles. The van der Waals surface area contributed by atoms with Crippen molar-refractivity contribution in [3.8, 4) is 6.07 Å². The van der Waals surface area contributed by atoms with Gasteiger partial charge in [-0.05, 0) is 6.08 Å². The van der Waals surface area contributed by atoms with Gasteiger partial charge >= 0.3 is 29.6 Å². The predicted octanol–water partition coefficient (Wildman–Crippen LogP) is -4.69. The van der Waals surface area contributed by atoms with Gasteiger partial charge in [0.05, 0.1) is 18.7 Å². The zero-order chi connectivity index (χ0) is 22.0. The van der Waals surface area contributed by atoms with Crippen LogP contribution in [-0.2, 0) is 14.3 Å². The minimum Gasteiger partial charge on any atom is -0.542 e. The van der Waals surface area contributed by atoms with Crippen LogP contribution >= 0.6 is 0 Å². The number of carbonyl (C=O) groups is 2. The van der Waals surface area contributed by atoms with Crippen molar-refractivity contribution in [2.24, 2.45) is 0 Å². The molecule has 1 aliphatic heterocycles. The molecule has 0 aliphatic carbocycles. The van der Waals surface area contributed by atoms with Crippen LogP contribution in [0.5, 0.6) is 0 Å². The molecule has 0 unspecified atom stereocenters. The third-order valence-corrected chi connectivity index (χ3v) is 4.98. The van der Waals surface area contributed by atoms with Gasteiger partial charge in [0, 0.05) is 23.9 Å². The van der Waals surface area contributed by atoms with Crippen molar-refractivity contribution in [1.82, 2.24) is 9.88 Å². The van der Waals surface area contributed by atoms with E-state index in [9.17, 15) is 35.3 Å². The van der Waals surface area contributed by atoms with Gasteiger partial charge in [-0.1, -0.05) is 24.3 Å². The molecule has 11 heteroatoms. The van der Waals surface area contributed by atoms with E-state index in [1.807, 2.05) is 0 Å². The molecule has 158 valence electrons. The van der Waals surface area contributed by atoms with Crippen molar-refractivity contribution in [3.63, 3.8) is 0 Å². The number of nitrogens with one attached hydrogen (secondary N) is 1. The molecule has 1 aliphatic rings. The van der Waals surface area contributed by atoms with Gasteiger partial charge in [-0.2, -0.15) is 5.26 Å². The number of carboxylic acids is 1. The van der Waals surface area contributed by atoms with Gasteiger partial charge < -0.3 is 39.8 Å². The van der Waals surface area contributed by atoms with E-state index in [4.69, 9.17) is 4.74 Å². The fourth-order valence-corrected chi connectivity index (χ4v) is 3.62. The number of amides is 1. The summed E-state index contributed by atoms with van der Waals surface area (Å²) in [5.41, 5.74) is 0.206. The minimum atomic E-state index is -1.74. The van der Waals surface area contributed by atoms with E-state index in [1.54, 1.807) is 30.5 Å². The Labute approximate surface area is 199 Å². The quantitative estimate of drug-likeness (QED) is 0.327. The van der Waals surface area contributed by atoms with Crippen molar-refractivity contribution < 1.29 is 64.3 Å². The van der Waals surface area contributed by atoms with E-state index in [1.165, 1.54) is 17.6 Å². The van der Waals surface area contributed by atoms with E-state index >= 15 is 0 Å². The second-order valence-electron chi connectivity index (χ2n) is 6.94. The van der Waals surface area contributed by atoms with Gasteiger partial charge in [-0.3, -0.25) is 4.79 Å². The summed E-state index contributed by atoms with van der Waals surface area (Å²) in [6.45, 7) is 0.401. The van der Waals surface area contributed by atoms with Crippen molar-refractivity contribution in [2.45, 2.75) is 37.3 Å². The minimum absolute atomic E-state index is 0. The average Bonchev–Trinajstić information content (AvgIpc) is 3.10. The summed E-state index contributed by atoms with van der Waals surface area (Å²) in [5.74, 6) is -2.81. The first-order chi connectivity index (χ1) is 14.3. The van der Waals surface area contributed by atoms with Crippen LogP contribution < -0.4 is 40.0 Å². The van der Waals surface area contributed by atoms with Crippen LogP contribution in [-0.4, -0.2) is 62.7 Å². The molecule has 0 saturated heterocycles. The zero-order valence-electron chi connectivity index (χ0n) is 16.9. The summed E-state index contributed by atoms with van der Waals surface area (Å²) in [5, 5.41) is 54.7. The molecule has 10 nitrogen and oxygen atoms in total.